The van der Waals surface area contributed by atoms with Gasteiger partial charge < -0.3 is 5.11 Å². The summed E-state index contributed by atoms with van der Waals surface area (Å²) in [6.07, 6.45) is 0.536. The Balaban J connectivity index is 0.000000878. The van der Waals surface area contributed by atoms with Crippen molar-refractivity contribution in [3.8, 4) is 0 Å². The quantitative estimate of drug-likeness (QED) is 0.523. The monoisotopic (exact) mass is 386 g/mol. The van der Waals surface area contributed by atoms with Gasteiger partial charge in [0.15, 0.2) is 0 Å². The maximum absolute atomic E-state index is 12.3. The second-order valence-electron chi connectivity index (χ2n) is 5.60. The molecule has 0 spiro atoms. The third kappa shape index (κ3) is 4.78. The molecule has 0 saturated heterocycles. The molecular weight excluding hydrogens is 368 g/mol. The smallest absolute Gasteiger partial charge is 0.331 e. The van der Waals surface area contributed by atoms with E-state index in [4.69, 9.17) is 9.90 Å². The third-order valence-corrected chi connectivity index (χ3v) is 3.73. The Kier molecular flexibility index (Phi) is 6.58. The summed E-state index contributed by atoms with van der Waals surface area (Å²) in [6.45, 7) is -0.250. The van der Waals surface area contributed by atoms with E-state index in [-0.39, 0.29) is 18.1 Å². The number of amides is 1. The van der Waals surface area contributed by atoms with Gasteiger partial charge in [0, 0.05) is 26.6 Å². The van der Waals surface area contributed by atoms with Crippen molar-refractivity contribution in [3.63, 3.8) is 0 Å². The van der Waals surface area contributed by atoms with Gasteiger partial charge >= 0.3 is 5.69 Å². The fourth-order valence-electron chi connectivity index (χ4n) is 2.34. The van der Waals surface area contributed by atoms with Crippen LogP contribution in [0.3, 0.4) is 0 Å². The van der Waals surface area contributed by atoms with E-state index in [1.807, 2.05) is 30.3 Å². The van der Waals surface area contributed by atoms with Crippen molar-refractivity contribution in [3.05, 3.63) is 74.3 Å². The molecule has 2 heterocycles. The van der Waals surface area contributed by atoms with Crippen LogP contribution >= 0.6 is 0 Å². The Morgan fingerprint density at radius 3 is 2.50 bits per heavy atom. The minimum Gasteiger partial charge on any atom is -0.483 e. The average molecular weight is 386 g/mol. The fourth-order valence-corrected chi connectivity index (χ4v) is 2.34. The van der Waals surface area contributed by atoms with E-state index in [2.05, 4.69) is 20.5 Å². The summed E-state index contributed by atoms with van der Waals surface area (Å²) in [6, 6.07) is 10.8. The van der Waals surface area contributed by atoms with Crippen molar-refractivity contribution in [1.82, 2.24) is 24.3 Å². The Hall–Kier alpha value is -4.02. The molecule has 11 heteroatoms. The summed E-state index contributed by atoms with van der Waals surface area (Å²) >= 11 is 0. The molecule has 0 saturated carbocycles. The number of benzene rings is 1. The topological polar surface area (TPSA) is 152 Å². The number of nitrogens with zero attached hydrogens (tertiary/aromatic N) is 4. The summed E-state index contributed by atoms with van der Waals surface area (Å²) in [5, 5.41) is 16.0. The molecule has 0 fully saturated rings. The van der Waals surface area contributed by atoms with Gasteiger partial charge in [0.2, 0.25) is 5.95 Å². The number of aromatic amines is 1. The standard InChI is InChI=1S/C16H16N6O3.CH2O2/c1-21-11(9-13(23)22(2)16(21)25)14(24)18-15-17-12(19-20-15)8-10-6-4-3-5-7-10;2-1-3/h3-7,9H,8H2,1-2H3,(H2,17,18,19,20,24);1H,(H,2,3). The zero-order valence-electron chi connectivity index (χ0n) is 15.1. The molecule has 3 rings (SSSR count). The number of H-pyrrole nitrogens is 1. The zero-order chi connectivity index (χ0) is 20.7. The van der Waals surface area contributed by atoms with Crippen molar-refractivity contribution >= 4 is 18.3 Å². The molecule has 0 unspecified atom stereocenters. The Bertz CT molecular complexity index is 1080. The van der Waals surface area contributed by atoms with Gasteiger partial charge in [-0.15, -0.1) is 5.10 Å². The fraction of sp³-hybridized carbons (Fsp3) is 0.176. The maximum atomic E-state index is 12.3. The number of nitrogens with one attached hydrogen (secondary N) is 2. The van der Waals surface area contributed by atoms with E-state index in [9.17, 15) is 14.4 Å². The van der Waals surface area contributed by atoms with Crippen LogP contribution in [0, 0.1) is 0 Å². The second-order valence-corrected chi connectivity index (χ2v) is 5.60. The van der Waals surface area contributed by atoms with Gasteiger partial charge in [-0.1, -0.05) is 30.3 Å². The number of carboxylic acid groups (broad SMARTS) is 1. The number of aromatic nitrogens is 5. The Labute approximate surface area is 158 Å². The molecular formula is C17H18N6O5. The second kappa shape index (κ2) is 9.07. The first kappa shape index (κ1) is 20.3. The van der Waals surface area contributed by atoms with Crippen LogP contribution in [0.25, 0.3) is 0 Å². The SMILES string of the molecule is Cn1c(C(=O)Nc2n[nH]c(Cc3ccccc3)n2)cc(=O)n(C)c1=O.O=CO. The van der Waals surface area contributed by atoms with Crippen molar-refractivity contribution in [1.29, 1.82) is 0 Å². The highest BCUT2D eigenvalue weighted by Gasteiger charge is 2.15. The number of hydrogen-bond donors (Lipinski definition) is 3. The van der Waals surface area contributed by atoms with Crippen LogP contribution in [-0.4, -0.2) is 41.8 Å². The number of hydrogen-bond acceptors (Lipinski definition) is 6. The van der Waals surface area contributed by atoms with Gasteiger partial charge in [-0.3, -0.25) is 33.9 Å². The van der Waals surface area contributed by atoms with Crippen molar-refractivity contribution in [2.24, 2.45) is 14.1 Å². The van der Waals surface area contributed by atoms with Crippen LogP contribution in [0.5, 0.6) is 0 Å². The van der Waals surface area contributed by atoms with Crippen molar-refractivity contribution in [2.45, 2.75) is 6.42 Å². The zero-order valence-corrected chi connectivity index (χ0v) is 15.1. The van der Waals surface area contributed by atoms with E-state index >= 15 is 0 Å². The van der Waals surface area contributed by atoms with Crippen LogP contribution in [0.15, 0.2) is 46.0 Å². The first-order chi connectivity index (χ1) is 13.4. The lowest BCUT2D eigenvalue weighted by Gasteiger charge is -2.07. The molecule has 11 nitrogen and oxygen atoms in total. The van der Waals surface area contributed by atoms with Gasteiger partial charge in [0.25, 0.3) is 17.9 Å². The van der Waals surface area contributed by atoms with Gasteiger partial charge in [-0.05, 0) is 5.56 Å². The first-order valence-corrected chi connectivity index (χ1v) is 7.98. The highest BCUT2D eigenvalue weighted by Crippen LogP contribution is 2.07. The number of rotatable bonds is 4. The van der Waals surface area contributed by atoms with Gasteiger partial charge in [0.05, 0.1) is 0 Å². The number of carbonyl (C=O) groups excluding carboxylic acids is 1. The summed E-state index contributed by atoms with van der Waals surface area (Å²) in [5.41, 5.74) is -0.168. The van der Waals surface area contributed by atoms with E-state index in [1.54, 1.807) is 0 Å². The normalized spacial score (nSPS) is 9.93. The van der Waals surface area contributed by atoms with Crippen LogP contribution in [0.4, 0.5) is 5.95 Å². The van der Waals surface area contributed by atoms with E-state index < -0.39 is 17.2 Å². The number of anilines is 1. The maximum Gasteiger partial charge on any atom is 0.331 e. The van der Waals surface area contributed by atoms with E-state index in [1.165, 1.54) is 14.1 Å². The van der Waals surface area contributed by atoms with Gasteiger partial charge in [-0.2, -0.15) is 4.98 Å². The molecule has 146 valence electrons. The van der Waals surface area contributed by atoms with Crippen LogP contribution in [-0.2, 0) is 25.3 Å². The predicted octanol–water partition coefficient (Wildman–Crippen LogP) is -0.254. The highest BCUT2D eigenvalue weighted by atomic mass is 16.3. The molecule has 0 aliphatic carbocycles. The summed E-state index contributed by atoms with van der Waals surface area (Å²) in [5.74, 6) is 0.0194. The first-order valence-electron chi connectivity index (χ1n) is 7.98. The lowest BCUT2D eigenvalue weighted by atomic mass is 10.1. The minimum absolute atomic E-state index is 0.0671. The number of carbonyl (C=O) groups is 2. The summed E-state index contributed by atoms with van der Waals surface area (Å²) < 4.78 is 2.01. The average Bonchev–Trinajstić information content (AvgIpc) is 3.11. The van der Waals surface area contributed by atoms with Crippen LogP contribution < -0.4 is 16.6 Å². The molecule has 0 radical (unpaired) electrons. The third-order valence-electron chi connectivity index (χ3n) is 3.73. The van der Waals surface area contributed by atoms with Crippen LogP contribution in [0.1, 0.15) is 21.9 Å². The van der Waals surface area contributed by atoms with E-state index in [0.717, 1.165) is 20.8 Å². The summed E-state index contributed by atoms with van der Waals surface area (Å²) in [7, 11) is 2.76. The Morgan fingerprint density at radius 2 is 1.86 bits per heavy atom. The van der Waals surface area contributed by atoms with E-state index in [0.29, 0.717) is 12.2 Å². The molecule has 28 heavy (non-hydrogen) atoms. The molecule has 0 bridgehead atoms. The molecule has 0 aliphatic heterocycles. The molecule has 3 aromatic rings. The molecule has 0 atom stereocenters. The van der Waals surface area contributed by atoms with Gasteiger partial charge in [-0.25, -0.2) is 4.79 Å². The molecule has 3 N–H and O–H groups in total. The highest BCUT2D eigenvalue weighted by molar-refractivity contribution is 6.01. The van der Waals surface area contributed by atoms with Crippen molar-refractivity contribution in [2.75, 3.05) is 5.32 Å². The molecule has 0 aliphatic rings. The lowest BCUT2D eigenvalue weighted by molar-refractivity contribution is -0.122. The lowest BCUT2D eigenvalue weighted by Crippen LogP contribution is -2.40. The van der Waals surface area contributed by atoms with Crippen LogP contribution in [0.2, 0.25) is 0 Å². The predicted molar refractivity (Wildman–Crippen MR) is 99.2 cm³/mol. The van der Waals surface area contributed by atoms with Gasteiger partial charge in [0.1, 0.15) is 11.5 Å². The molecule has 1 amide bonds. The Morgan fingerprint density at radius 1 is 1.21 bits per heavy atom. The minimum atomic E-state index is -0.637. The molecule has 2 aromatic heterocycles. The largest absolute Gasteiger partial charge is 0.483 e. The summed E-state index contributed by atoms with van der Waals surface area (Å²) in [4.78, 5) is 48.5. The molecule has 1 aromatic carbocycles. The van der Waals surface area contributed by atoms with Crippen molar-refractivity contribution < 1.29 is 14.7 Å².